The van der Waals surface area contributed by atoms with Crippen LogP contribution >= 0.6 is 0 Å². The van der Waals surface area contributed by atoms with Crippen LogP contribution in [-0.2, 0) is 0 Å². The average Bonchev–Trinajstić information content (AvgIpc) is 2.55. The van der Waals surface area contributed by atoms with Crippen LogP contribution < -0.4 is 5.73 Å². The van der Waals surface area contributed by atoms with E-state index in [4.69, 9.17) is 11.1 Å². The number of amidine groups is 1. The Kier molecular flexibility index (Phi) is 3.72. The highest BCUT2D eigenvalue weighted by atomic mass is 15.1. The van der Waals surface area contributed by atoms with Crippen LogP contribution in [0.15, 0.2) is 0 Å². The molecule has 1 fully saturated rings. The summed E-state index contributed by atoms with van der Waals surface area (Å²) in [5.41, 5.74) is 5.45. The third-order valence-corrected chi connectivity index (χ3v) is 3.13. The van der Waals surface area contributed by atoms with Gasteiger partial charge in [0, 0.05) is 6.54 Å². The van der Waals surface area contributed by atoms with Gasteiger partial charge in [-0.2, -0.15) is 0 Å². The van der Waals surface area contributed by atoms with Crippen LogP contribution in [0, 0.1) is 11.3 Å². The van der Waals surface area contributed by atoms with E-state index in [0.717, 1.165) is 12.5 Å². The summed E-state index contributed by atoms with van der Waals surface area (Å²) in [4.78, 5) is 2.19. The van der Waals surface area contributed by atoms with Crippen LogP contribution in [-0.4, -0.2) is 30.4 Å². The first-order valence-corrected chi connectivity index (χ1v) is 5.15. The lowest BCUT2D eigenvalue weighted by molar-refractivity contribution is 0.258. The van der Waals surface area contributed by atoms with Gasteiger partial charge in [0.15, 0.2) is 0 Å². The predicted molar refractivity (Wildman–Crippen MR) is 56.0 cm³/mol. The monoisotopic (exact) mass is 183 g/mol. The quantitative estimate of drug-likeness (QED) is 0.512. The van der Waals surface area contributed by atoms with Crippen molar-refractivity contribution >= 4 is 5.84 Å². The molecule has 3 N–H and O–H groups in total. The molecule has 1 aliphatic carbocycles. The van der Waals surface area contributed by atoms with Gasteiger partial charge in [0.05, 0.1) is 6.04 Å². The molecule has 0 aromatic carbocycles. The van der Waals surface area contributed by atoms with Crippen molar-refractivity contribution in [2.45, 2.75) is 38.6 Å². The zero-order valence-electron chi connectivity index (χ0n) is 8.71. The first kappa shape index (κ1) is 10.5. The molecule has 13 heavy (non-hydrogen) atoms. The molecule has 0 aliphatic heterocycles. The number of likely N-dealkylation sites (N-methyl/N-ethyl adjacent to an activating group) is 1. The van der Waals surface area contributed by atoms with E-state index in [2.05, 4.69) is 11.9 Å². The number of hydrogen-bond acceptors (Lipinski definition) is 2. The molecule has 0 spiro atoms. The lowest BCUT2D eigenvalue weighted by Crippen LogP contribution is -2.41. The molecule has 0 amide bonds. The maximum absolute atomic E-state index is 7.34. The zero-order valence-corrected chi connectivity index (χ0v) is 8.71. The highest BCUT2D eigenvalue weighted by Gasteiger charge is 2.20. The number of nitrogens with two attached hydrogens (primary N) is 1. The van der Waals surface area contributed by atoms with Crippen LogP contribution in [0.3, 0.4) is 0 Å². The summed E-state index contributed by atoms with van der Waals surface area (Å²) in [6.07, 6.45) is 5.48. The highest BCUT2D eigenvalue weighted by Crippen LogP contribution is 2.25. The highest BCUT2D eigenvalue weighted by molar-refractivity contribution is 5.82. The summed E-state index contributed by atoms with van der Waals surface area (Å²) in [5.74, 6) is 1.12. The Morgan fingerprint density at radius 2 is 2.08 bits per heavy atom. The van der Waals surface area contributed by atoms with Crippen molar-refractivity contribution < 1.29 is 0 Å². The van der Waals surface area contributed by atoms with Crippen molar-refractivity contribution in [3.05, 3.63) is 0 Å². The van der Waals surface area contributed by atoms with Crippen LogP contribution in [0.25, 0.3) is 0 Å². The van der Waals surface area contributed by atoms with Gasteiger partial charge >= 0.3 is 0 Å². The number of nitrogens with one attached hydrogen (secondary N) is 1. The Labute approximate surface area is 80.8 Å². The van der Waals surface area contributed by atoms with Crippen molar-refractivity contribution in [3.63, 3.8) is 0 Å². The van der Waals surface area contributed by atoms with Gasteiger partial charge in [-0.1, -0.05) is 12.8 Å². The molecular formula is C10H21N3. The van der Waals surface area contributed by atoms with Gasteiger partial charge in [0.25, 0.3) is 0 Å². The third kappa shape index (κ3) is 2.99. The van der Waals surface area contributed by atoms with E-state index in [1.807, 2.05) is 6.92 Å². The van der Waals surface area contributed by atoms with Gasteiger partial charge in [0.1, 0.15) is 5.84 Å². The second kappa shape index (κ2) is 4.61. The molecule has 1 atom stereocenters. The van der Waals surface area contributed by atoms with E-state index in [-0.39, 0.29) is 11.9 Å². The van der Waals surface area contributed by atoms with Gasteiger partial charge in [-0.15, -0.1) is 0 Å². The maximum atomic E-state index is 7.34. The zero-order chi connectivity index (χ0) is 9.84. The molecule has 0 saturated heterocycles. The van der Waals surface area contributed by atoms with Gasteiger partial charge in [0.2, 0.25) is 0 Å². The maximum Gasteiger partial charge on any atom is 0.108 e. The lowest BCUT2D eigenvalue weighted by atomic mass is 10.1. The normalized spacial score (nSPS) is 20.8. The molecule has 1 unspecified atom stereocenters. The third-order valence-electron chi connectivity index (χ3n) is 3.13. The van der Waals surface area contributed by atoms with Crippen LogP contribution in [0.5, 0.6) is 0 Å². The summed E-state index contributed by atoms with van der Waals surface area (Å²) in [6.45, 7) is 3.10. The fraction of sp³-hybridized carbons (Fsp3) is 0.900. The molecule has 0 aromatic heterocycles. The summed E-state index contributed by atoms with van der Waals surface area (Å²) in [7, 11) is 2.06. The van der Waals surface area contributed by atoms with E-state index >= 15 is 0 Å². The van der Waals surface area contributed by atoms with Crippen molar-refractivity contribution in [1.82, 2.24) is 4.90 Å². The second-order valence-electron chi connectivity index (χ2n) is 4.22. The van der Waals surface area contributed by atoms with Crippen molar-refractivity contribution in [2.24, 2.45) is 11.7 Å². The fourth-order valence-electron chi connectivity index (χ4n) is 2.00. The SMILES string of the molecule is CC(C(=N)N)N(C)CC1CCCC1. The number of nitrogens with zero attached hydrogens (tertiary/aromatic N) is 1. The second-order valence-corrected chi connectivity index (χ2v) is 4.22. The summed E-state index contributed by atoms with van der Waals surface area (Å²) in [6, 6.07) is 0.0978. The first-order valence-electron chi connectivity index (χ1n) is 5.15. The largest absolute Gasteiger partial charge is 0.386 e. The van der Waals surface area contributed by atoms with Gasteiger partial charge in [-0.25, -0.2) is 0 Å². The van der Waals surface area contributed by atoms with Crippen LogP contribution in [0.1, 0.15) is 32.6 Å². The van der Waals surface area contributed by atoms with E-state index in [1.54, 1.807) is 0 Å². The van der Waals surface area contributed by atoms with Crippen LogP contribution in [0.4, 0.5) is 0 Å². The molecule has 3 nitrogen and oxygen atoms in total. The van der Waals surface area contributed by atoms with E-state index in [0.29, 0.717) is 0 Å². The molecule has 0 bridgehead atoms. The Morgan fingerprint density at radius 1 is 1.54 bits per heavy atom. The standard InChI is InChI=1S/C10H21N3/c1-8(10(11)12)13(2)7-9-5-3-4-6-9/h8-9H,3-7H2,1-2H3,(H3,11,12). The van der Waals surface area contributed by atoms with Crippen molar-refractivity contribution in [2.75, 3.05) is 13.6 Å². The number of rotatable bonds is 4. The molecule has 1 aliphatic rings. The minimum absolute atomic E-state index is 0.0978. The molecule has 1 rings (SSSR count). The van der Waals surface area contributed by atoms with Gasteiger partial charge in [-0.05, 0) is 32.7 Å². The molecule has 0 aromatic rings. The lowest BCUT2D eigenvalue weighted by Gasteiger charge is -2.26. The molecule has 0 radical (unpaired) electrons. The summed E-state index contributed by atoms with van der Waals surface area (Å²) in [5, 5.41) is 7.34. The summed E-state index contributed by atoms with van der Waals surface area (Å²) >= 11 is 0. The van der Waals surface area contributed by atoms with E-state index in [9.17, 15) is 0 Å². The van der Waals surface area contributed by atoms with E-state index in [1.165, 1.54) is 25.7 Å². The average molecular weight is 183 g/mol. The predicted octanol–water partition coefficient (Wildman–Crippen LogP) is 1.43. The van der Waals surface area contributed by atoms with Crippen molar-refractivity contribution in [1.29, 1.82) is 5.41 Å². The van der Waals surface area contributed by atoms with Gasteiger partial charge in [-0.3, -0.25) is 10.3 Å². The van der Waals surface area contributed by atoms with E-state index < -0.39 is 0 Å². The first-order chi connectivity index (χ1) is 6.11. The minimum atomic E-state index is 0.0978. The smallest absolute Gasteiger partial charge is 0.108 e. The fourth-order valence-corrected chi connectivity index (χ4v) is 2.00. The molecule has 0 heterocycles. The molecule has 76 valence electrons. The van der Waals surface area contributed by atoms with Crippen molar-refractivity contribution in [3.8, 4) is 0 Å². The van der Waals surface area contributed by atoms with Crippen LogP contribution in [0.2, 0.25) is 0 Å². The molecular weight excluding hydrogens is 162 g/mol. The minimum Gasteiger partial charge on any atom is -0.386 e. The Bertz CT molecular complexity index is 173. The number of hydrogen-bond donors (Lipinski definition) is 2. The molecule has 1 saturated carbocycles. The Hall–Kier alpha value is -0.570. The Balaban J connectivity index is 2.30. The Morgan fingerprint density at radius 3 is 2.54 bits per heavy atom. The molecule has 3 heteroatoms. The van der Waals surface area contributed by atoms with Gasteiger partial charge < -0.3 is 5.73 Å². The topological polar surface area (TPSA) is 53.1 Å². The summed E-state index contributed by atoms with van der Waals surface area (Å²) < 4.78 is 0.